The summed E-state index contributed by atoms with van der Waals surface area (Å²) in [6, 6.07) is 9.65. The van der Waals surface area contributed by atoms with Gasteiger partial charge in [-0.2, -0.15) is 13.5 Å². The van der Waals surface area contributed by atoms with Gasteiger partial charge < -0.3 is 0 Å². The molecule has 1 aliphatic rings. The van der Waals surface area contributed by atoms with Gasteiger partial charge in [0.25, 0.3) is 10.2 Å². The van der Waals surface area contributed by atoms with Gasteiger partial charge in [0, 0.05) is 12.1 Å². The van der Waals surface area contributed by atoms with Crippen LogP contribution < -0.4 is 9.86 Å². The molecule has 1 aromatic carbocycles. The Morgan fingerprint density at radius 1 is 1.47 bits per heavy atom. The number of hydrazone groups is 1. The Labute approximate surface area is 112 Å². The van der Waals surface area contributed by atoms with Gasteiger partial charge in [0.15, 0.2) is 0 Å². The minimum absolute atomic E-state index is 0.0667. The van der Waals surface area contributed by atoms with Gasteiger partial charge in [0.05, 0.1) is 6.04 Å². The van der Waals surface area contributed by atoms with Crippen molar-refractivity contribution in [1.82, 2.24) is 9.73 Å². The van der Waals surface area contributed by atoms with Gasteiger partial charge in [-0.05, 0) is 12.5 Å². The lowest BCUT2D eigenvalue weighted by Gasteiger charge is -2.25. The SMILES string of the molecule is C=C(NS(N)(=O)=O)N1N=C(C)CC1c1ccccc1. The van der Waals surface area contributed by atoms with E-state index in [1.165, 1.54) is 0 Å². The number of hydrogen-bond donors (Lipinski definition) is 2. The Morgan fingerprint density at radius 3 is 2.68 bits per heavy atom. The van der Waals surface area contributed by atoms with E-state index in [9.17, 15) is 8.42 Å². The maximum absolute atomic E-state index is 11.1. The van der Waals surface area contributed by atoms with Crippen LogP contribution in [-0.2, 0) is 10.2 Å². The third-order valence-electron chi connectivity index (χ3n) is 2.78. The zero-order valence-electron chi connectivity index (χ0n) is 10.6. The van der Waals surface area contributed by atoms with Gasteiger partial charge in [0.1, 0.15) is 5.82 Å². The third kappa shape index (κ3) is 3.33. The minimum atomic E-state index is -3.84. The average Bonchev–Trinajstić information content (AvgIpc) is 2.70. The summed E-state index contributed by atoms with van der Waals surface area (Å²) in [4.78, 5) is 0. The molecule has 0 radical (unpaired) electrons. The van der Waals surface area contributed by atoms with E-state index in [4.69, 9.17) is 5.14 Å². The highest BCUT2D eigenvalue weighted by molar-refractivity contribution is 7.87. The molecule has 1 aromatic rings. The zero-order valence-corrected chi connectivity index (χ0v) is 11.4. The fraction of sp³-hybridized carbons (Fsp3) is 0.250. The van der Waals surface area contributed by atoms with Crippen molar-refractivity contribution in [2.24, 2.45) is 10.2 Å². The molecule has 0 saturated carbocycles. The molecule has 0 aromatic heterocycles. The summed E-state index contributed by atoms with van der Waals surface area (Å²) in [6.45, 7) is 5.57. The average molecular weight is 280 g/mol. The van der Waals surface area contributed by atoms with Crippen molar-refractivity contribution in [2.45, 2.75) is 19.4 Å². The van der Waals surface area contributed by atoms with E-state index in [2.05, 4.69) is 16.4 Å². The Bertz CT molecular complexity index is 610. The van der Waals surface area contributed by atoms with Gasteiger partial charge in [-0.25, -0.2) is 10.1 Å². The first-order valence-corrected chi connectivity index (χ1v) is 7.29. The van der Waals surface area contributed by atoms with Crippen molar-refractivity contribution < 1.29 is 8.42 Å². The number of nitrogens with zero attached hydrogens (tertiary/aromatic N) is 2. The van der Waals surface area contributed by atoms with Crippen LogP contribution in [0.15, 0.2) is 47.8 Å². The summed E-state index contributed by atoms with van der Waals surface area (Å²) in [5.74, 6) is 0.146. The molecule has 6 nitrogen and oxygen atoms in total. The lowest BCUT2D eigenvalue weighted by molar-refractivity contribution is 0.290. The van der Waals surface area contributed by atoms with Crippen LogP contribution in [0.1, 0.15) is 24.9 Å². The number of benzene rings is 1. The number of nitrogens with one attached hydrogen (secondary N) is 1. The molecule has 0 bridgehead atoms. The maximum Gasteiger partial charge on any atom is 0.297 e. The van der Waals surface area contributed by atoms with Gasteiger partial charge in [-0.15, -0.1) is 0 Å². The molecular formula is C12H16N4O2S. The largest absolute Gasteiger partial charge is 0.297 e. The molecule has 0 aliphatic carbocycles. The van der Waals surface area contributed by atoms with E-state index in [0.29, 0.717) is 0 Å². The first kappa shape index (κ1) is 13.6. The summed E-state index contributed by atoms with van der Waals surface area (Å²) in [6.07, 6.45) is 0.718. The molecule has 1 heterocycles. The van der Waals surface area contributed by atoms with Crippen molar-refractivity contribution in [2.75, 3.05) is 0 Å². The first-order valence-electron chi connectivity index (χ1n) is 5.74. The third-order valence-corrected chi connectivity index (χ3v) is 3.30. The van der Waals surface area contributed by atoms with Crippen LogP contribution in [0.4, 0.5) is 0 Å². The Morgan fingerprint density at radius 2 is 2.11 bits per heavy atom. The van der Waals surface area contributed by atoms with E-state index in [1.807, 2.05) is 37.3 Å². The highest BCUT2D eigenvalue weighted by atomic mass is 32.2. The first-order chi connectivity index (χ1) is 8.87. The summed E-state index contributed by atoms with van der Waals surface area (Å²) in [5, 5.41) is 10.8. The van der Waals surface area contributed by atoms with Gasteiger partial charge >= 0.3 is 0 Å². The van der Waals surface area contributed by atoms with Crippen LogP contribution in [0.2, 0.25) is 0 Å². The molecule has 19 heavy (non-hydrogen) atoms. The molecule has 3 N–H and O–H groups in total. The number of rotatable bonds is 4. The van der Waals surface area contributed by atoms with E-state index in [1.54, 1.807) is 5.01 Å². The van der Waals surface area contributed by atoms with E-state index in [0.717, 1.165) is 17.7 Å². The van der Waals surface area contributed by atoms with Crippen LogP contribution in [0.25, 0.3) is 0 Å². The Kier molecular flexibility index (Phi) is 3.59. The van der Waals surface area contributed by atoms with Crippen molar-refractivity contribution in [3.8, 4) is 0 Å². The number of nitrogens with two attached hydrogens (primary N) is 1. The van der Waals surface area contributed by atoms with Crippen LogP contribution in [0, 0.1) is 0 Å². The highest BCUT2D eigenvalue weighted by Gasteiger charge is 2.28. The van der Waals surface area contributed by atoms with E-state index >= 15 is 0 Å². The lowest BCUT2D eigenvalue weighted by Crippen LogP contribution is -2.36. The minimum Gasteiger partial charge on any atom is -0.256 e. The molecule has 7 heteroatoms. The lowest BCUT2D eigenvalue weighted by atomic mass is 10.0. The predicted octanol–water partition coefficient (Wildman–Crippen LogP) is 1.07. The quantitative estimate of drug-likeness (QED) is 0.865. The summed E-state index contributed by atoms with van der Waals surface area (Å²) in [7, 11) is -3.84. The van der Waals surface area contributed by atoms with Crippen molar-refractivity contribution in [1.29, 1.82) is 0 Å². The Balaban J connectivity index is 2.24. The van der Waals surface area contributed by atoms with Crippen LogP contribution >= 0.6 is 0 Å². The molecular weight excluding hydrogens is 264 g/mol. The second-order valence-corrected chi connectivity index (χ2v) is 5.70. The second-order valence-electron chi connectivity index (χ2n) is 4.40. The van der Waals surface area contributed by atoms with Crippen molar-refractivity contribution in [3.63, 3.8) is 0 Å². The monoisotopic (exact) mass is 280 g/mol. The molecule has 1 atom stereocenters. The standard InChI is InChI=1S/C12H16N4O2S/c1-9-8-12(11-6-4-3-5-7-11)16(14-9)10(2)15-19(13,17)18/h3-7,12,15H,2,8H2,1H3,(H2,13,17,18). The van der Waals surface area contributed by atoms with Gasteiger partial charge in [-0.3, -0.25) is 4.72 Å². The second kappa shape index (κ2) is 5.02. The normalized spacial score (nSPS) is 19.2. The van der Waals surface area contributed by atoms with Gasteiger partial charge in [-0.1, -0.05) is 36.9 Å². The van der Waals surface area contributed by atoms with Crippen molar-refractivity contribution in [3.05, 3.63) is 48.3 Å². The smallest absolute Gasteiger partial charge is 0.256 e. The van der Waals surface area contributed by atoms with E-state index in [-0.39, 0.29) is 11.9 Å². The molecule has 1 unspecified atom stereocenters. The molecule has 0 saturated heterocycles. The zero-order chi connectivity index (χ0) is 14.0. The molecule has 0 spiro atoms. The highest BCUT2D eigenvalue weighted by Crippen LogP contribution is 2.32. The molecule has 0 fully saturated rings. The fourth-order valence-corrected chi connectivity index (χ4v) is 2.48. The Hall–Kier alpha value is -1.86. The molecule has 2 rings (SSSR count). The van der Waals surface area contributed by atoms with E-state index < -0.39 is 10.2 Å². The van der Waals surface area contributed by atoms with Crippen LogP contribution in [-0.4, -0.2) is 19.1 Å². The van der Waals surface area contributed by atoms with Crippen LogP contribution in [0.5, 0.6) is 0 Å². The summed E-state index contributed by atoms with van der Waals surface area (Å²) in [5.41, 5.74) is 1.95. The van der Waals surface area contributed by atoms with Crippen molar-refractivity contribution >= 4 is 15.9 Å². The molecule has 102 valence electrons. The summed E-state index contributed by atoms with van der Waals surface area (Å²) < 4.78 is 24.3. The topological polar surface area (TPSA) is 87.8 Å². The van der Waals surface area contributed by atoms with Crippen LogP contribution in [0.3, 0.4) is 0 Å². The molecule has 0 amide bonds. The predicted molar refractivity (Wildman–Crippen MR) is 74.1 cm³/mol. The summed E-state index contributed by atoms with van der Waals surface area (Å²) >= 11 is 0. The van der Waals surface area contributed by atoms with Gasteiger partial charge in [0.2, 0.25) is 0 Å². The molecule has 1 aliphatic heterocycles. The fourth-order valence-electron chi connectivity index (χ4n) is 2.05. The maximum atomic E-state index is 11.1. The number of hydrogen-bond acceptors (Lipinski definition) is 4.